The molecule has 0 spiro atoms. The van der Waals surface area contributed by atoms with Crippen molar-refractivity contribution in [3.63, 3.8) is 0 Å². The van der Waals surface area contributed by atoms with Crippen LogP contribution in [0.2, 0.25) is 0 Å². The van der Waals surface area contributed by atoms with Crippen LogP contribution in [0, 0.1) is 12.8 Å². The first kappa shape index (κ1) is 27.7. The van der Waals surface area contributed by atoms with Gasteiger partial charge in [-0.1, -0.05) is 24.6 Å². The summed E-state index contributed by atoms with van der Waals surface area (Å²) >= 11 is 1.30. The molecule has 3 aromatic rings. The minimum Gasteiger partial charge on any atom is -0.462 e. The lowest BCUT2D eigenvalue weighted by Gasteiger charge is -2.18. The number of hydrazone groups is 1. The molecule has 2 N–H and O–H groups in total. The van der Waals surface area contributed by atoms with Gasteiger partial charge in [-0.05, 0) is 86.6 Å². The van der Waals surface area contributed by atoms with Gasteiger partial charge in [-0.3, -0.25) is 9.59 Å². The van der Waals surface area contributed by atoms with E-state index in [0.29, 0.717) is 33.4 Å². The Bertz CT molecular complexity index is 1410. The molecule has 2 amide bonds. The topological polar surface area (TPSA) is 123 Å². The Morgan fingerprint density at radius 3 is 2.44 bits per heavy atom. The number of benzene rings is 2. The van der Waals surface area contributed by atoms with Crippen LogP contribution in [-0.2, 0) is 27.2 Å². The molecule has 1 aromatic heterocycles. The van der Waals surface area contributed by atoms with Gasteiger partial charge in [0.05, 0.1) is 23.9 Å². The van der Waals surface area contributed by atoms with Crippen LogP contribution >= 0.6 is 11.3 Å². The smallest absolute Gasteiger partial charge is 0.343 e. The number of nitrogens with one attached hydrogen (secondary N) is 2. The number of esters is 2. The predicted octanol–water partition coefficient (Wildman–Crippen LogP) is 4.67. The van der Waals surface area contributed by atoms with Gasteiger partial charge in [0.25, 0.3) is 0 Å². The first-order valence-corrected chi connectivity index (χ1v) is 13.4. The number of fused-ring (bicyclic) bond motifs is 1. The normalized spacial score (nSPS) is 14.4. The summed E-state index contributed by atoms with van der Waals surface area (Å²) in [5, 5.41) is 6.70. The number of anilines is 1. The molecule has 0 aliphatic heterocycles. The van der Waals surface area contributed by atoms with E-state index in [1.165, 1.54) is 17.6 Å². The van der Waals surface area contributed by atoms with Gasteiger partial charge < -0.3 is 14.8 Å². The molecule has 1 heterocycles. The zero-order valence-corrected chi connectivity index (χ0v) is 22.7. The third-order valence-electron chi connectivity index (χ3n) is 6.18. The maximum absolute atomic E-state index is 12.6. The molecule has 39 heavy (non-hydrogen) atoms. The maximum atomic E-state index is 12.6. The van der Waals surface area contributed by atoms with Gasteiger partial charge >= 0.3 is 23.8 Å². The number of ether oxygens (including phenoxy) is 2. The van der Waals surface area contributed by atoms with Crippen molar-refractivity contribution in [2.24, 2.45) is 11.0 Å². The van der Waals surface area contributed by atoms with E-state index in [0.717, 1.165) is 35.3 Å². The molecule has 4 rings (SSSR count). The van der Waals surface area contributed by atoms with Gasteiger partial charge in [-0.25, -0.2) is 15.0 Å². The number of amides is 2. The molecule has 1 aliphatic rings. The molecule has 0 saturated heterocycles. The molecule has 0 fully saturated rings. The SMILES string of the molecule is CCOC(=O)c1c(NC(=O)C(=O)NN=Cc2ccc(OC(=O)c3ccc(C)cc3)cc2)sc2c1CCC(C)C2. The van der Waals surface area contributed by atoms with Crippen LogP contribution in [0.3, 0.4) is 0 Å². The molecule has 9 nitrogen and oxygen atoms in total. The average molecular weight is 548 g/mol. The van der Waals surface area contributed by atoms with Gasteiger partial charge in [0.2, 0.25) is 0 Å². The largest absolute Gasteiger partial charge is 0.462 e. The van der Waals surface area contributed by atoms with Crippen LogP contribution in [0.5, 0.6) is 5.75 Å². The molecule has 0 bridgehead atoms. The van der Waals surface area contributed by atoms with E-state index in [2.05, 4.69) is 22.8 Å². The minimum atomic E-state index is -0.982. The zero-order valence-electron chi connectivity index (χ0n) is 21.9. The number of nitrogens with zero attached hydrogens (tertiary/aromatic N) is 1. The van der Waals surface area contributed by atoms with Crippen molar-refractivity contribution in [3.05, 3.63) is 81.2 Å². The number of hydrogen-bond acceptors (Lipinski definition) is 8. The van der Waals surface area contributed by atoms with E-state index in [4.69, 9.17) is 9.47 Å². The van der Waals surface area contributed by atoms with E-state index in [9.17, 15) is 19.2 Å². The first-order chi connectivity index (χ1) is 18.7. The zero-order chi connectivity index (χ0) is 27.9. The molecule has 10 heteroatoms. The van der Waals surface area contributed by atoms with Crippen LogP contribution in [0.25, 0.3) is 0 Å². The Morgan fingerprint density at radius 2 is 1.74 bits per heavy atom. The van der Waals surface area contributed by atoms with Gasteiger partial charge in [-0.15, -0.1) is 11.3 Å². The van der Waals surface area contributed by atoms with Crippen molar-refractivity contribution in [2.75, 3.05) is 11.9 Å². The monoisotopic (exact) mass is 547 g/mol. The van der Waals surface area contributed by atoms with Crippen molar-refractivity contribution in [3.8, 4) is 5.75 Å². The lowest BCUT2D eigenvalue weighted by atomic mass is 9.88. The second kappa shape index (κ2) is 12.5. The highest BCUT2D eigenvalue weighted by Gasteiger charge is 2.30. The van der Waals surface area contributed by atoms with Gasteiger partial charge in [0.15, 0.2) is 0 Å². The minimum absolute atomic E-state index is 0.207. The van der Waals surface area contributed by atoms with Crippen molar-refractivity contribution >= 4 is 46.3 Å². The Hall–Kier alpha value is -4.31. The number of rotatable bonds is 7. The summed E-state index contributed by atoms with van der Waals surface area (Å²) in [6, 6.07) is 13.5. The molecular formula is C29H29N3O6S. The van der Waals surface area contributed by atoms with Crippen molar-refractivity contribution in [1.29, 1.82) is 0 Å². The quantitative estimate of drug-likeness (QED) is 0.146. The number of carbonyl (C=O) groups excluding carboxylic acids is 4. The molecule has 1 aliphatic carbocycles. The summed E-state index contributed by atoms with van der Waals surface area (Å²) < 4.78 is 10.6. The lowest BCUT2D eigenvalue weighted by Crippen LogP contribution is -2.32. The van der Waals surface area contributed by atoms with E-state index >= 15 is 0 Å². The number of hydrogen-bond donors (Lipinski definition) is 2. The van der Waals surface area contributed by atoms with Crippen LogP contribution in [0.15, 0.2) is 53.6 Å². The molecule has 0 saturated carbocycles. The number of carbonyl (C=O) groups is 4. The third kappa shape index (κ3) is 6.97. The summed E-state index contributed by atoms with van der Waals surface area (Å²) in [6.45, 7) is 6.00. The van der Waals surface area contributed by atoms with Crippen LogP contribution in [0.1, 0.15) is 62.6 Å². The fourth-order valence-electron chi connectivity index (χ4n) is 4.11. The second-order valence-electron chi connectivity index (χ2n) is 9.25. The Labute approximate surface area is 230 Å². The van der Waals surface area contributed by atoms with Gasteiger partial charge in [-0.2, -0.15) is 5.10 Å². The Morgan fingerprint density at radius 1 is 1.03 bits per heavy atom. The second-order valence-corrected chi connectivity index (χ2v) is 10.4. The summed E-state index contributed by atoms with van der Waals surface area (Å²) in [5.41, 5.74) is 5.50. The molecule has 202 valence electrons. The highest BCUT2D eigenvalue weighted by molar-refractivity contribution is 7.17. The fourth-order valence-corrected chi connectivity index (χ4v) is 5.51. The molecule has 1 atom stereocenters. The lowest BCUT2D eigenvalue weighted by molar-refractivity contribution is -0.136. The summed E-state index contributed by atoms with van der Waals surface area (Å²) in [5.74, 6) is -2.08. The highest BCUT2D eigenvalue weighted by atomic mass is 32.1. The average Bonchev–Trinajstić information content (AvgIpc) is 3.26. The van der Waals surface area contributed by atoms with Crippen LogP contribution in [0.4, 0.5) is 5.00 Å². The van der Waals surface area contributed by atoms with Crippen molar-refractivity contribution in [1.82, 2.24) is 5.43 Å². The summed E-state index contributed by atoms with van der Waals surface area (Å²) in [7, 11) is 0. The van der Waals surface area contributed by atoms with Crippen molar-refractivity contribution < 1.29 is 28.7 Å². The number of aryl methyl sites for hydroxylation is 1. The molecule has 2 aromatic carbocycles. The Balaban J connectivity index is 1.34. The first-order valence-electron chi connectivity index (χ1n) is 12.6. The predicted molar refractivity (Wildman–Crippen MR) is 148 cm³/mol. The van der Waals surface area contributed by atoms with Gasteiger partial charge in [0.1, 0.15) is 10.8 Å². The van der Waals surface area contributed by atoms with Gasteiger partial charge in [0, 0.05) is 4.88 Å². The van der Waals surface area contributed by atoms with Crippen molar-refractivity contribution in [2.45, 2.75) is 40.0 Å². The van der Waals surface area contributed by atoms with E-state index in [-0.39, 0.29) is 6.61 Å². The fraction of sp³-hybridized carbons (Fsp3) is 0.276. The van der Waals surface area contributed by atoms with Crippen LogP contribution < -0.4 is 15.5 Å². The highest BCUT2D eigenvalue weighted by Crippen LogP contribution is 2.40. The molecular weight excluding hydrogens is 518 g/mol. The van der Waals surface area contributed by atoms with E-state index in [1.807, 2.05) is 19.1 Å². The third-order valence-corrected chi connectivity index (χ3v) is 7.35. The number of thiophene rings is 1. The molecule has 1 unspecified atom stereocenters. The summed E-state index contributed by atoms with van der Waals surface area (Å²) in [6.07, 6.45) is 3.82. The standard InChI is InChI=1S/C29H29N3O6S/c1-4-37-29(36)24-22-14-7-18(3)15-23(22)39-27(24)31-25(33)26(34)32-30-16-19-8-12-21(13-9-19)38-28(35)20-10-5-17(2)6-11-20/h5-6,8-13,16,18H,4,7,14-15H2,1-3H3,(H,31,33)(H,32,34). The Kier molecular flexibility index (Phi) is 8.88. The van der Waals surface area contributed by atoms with E-state index < -0.39 is 23.8 Å². The van der Waals surface area contributed by atoms with E-state index in [1.54, 1.807) is 43.3 Å². The maximum Gasteiger partial charge on any atom is 0.343 e. The molecule has 0 radical (unpaired) electrons. The van der Waals surface area contributed by atoms with Crippen LogP contribution in [-0.4, -0.2) is 36.6 Å². The summed E-state index contributed by atoms with van der Waals surface area (Å²) in [4.78, 5) is 50.8.